The Bertz CT molecular complexity index is 665. The molecule has 106 valence electrons. The fourth-order valence-corrected chi connectivity index (χ4v) is 2.75. The van der Waals surface area contributed by atoms with Gasteiger partial charge >= 0.3 is 0 Å². The van der Waals surface area contributed by atoms with Gasteiger partial charge in [-0.05, 0) is 24.6 Å². The fourth-order valence-electron chi connectivity index (χ4n) is 2.75. The van der Waals surface area contributed by atoms with Crippen molar-refractivity contribution >= 4 is 5.82 Å². The number of aromatic nitrogens is 1. The van der Waals surface area contributed by atoms with Crippen LogP contribution in [0, 0.1) is 11.3 Å². The number of hydrogen-bond donors (Lipinski definition) is 0. The maximum atomic E-state index is 9.25. The van der Waals surface area contributed by atoms with Crippen LogP contribution >= 0.6 is 0 Å². The number of ether oxygens (including phenoxy) is 1. The summed E-state index contributed by atoms with van der Waals surface area (Å²) in [6, 6.07) is 16.0. The maximum Gasteiger partial charge on any atom is 0.146 e. The smallest absolute Gasteiger partial charge is 0.146 e. The Morgan fingerprint density at radius 3 is 2.81 bits per heavy atom. The molecule has 21 heavy (non-hydrogen) atoms. The number of rotatable bonds is 2. The zero-order chi connectivity index (χ0) is 14.7. The number of nitriles is 1. The Morgan fingerprint density at radius 2 is 2.05 bits per heavy atom. The van der Waals surface area contributed by atoms with Crippen LogP contribution in [0.15, 0.2) is 48.7 Å². The van der Waals surface area contributed by atoms with E-state index in [0.717, 1.165) is 17.9 Å². The molecule has 0 N–H and O–H groups in total. The molecule has 4 heteroatoms. The van der Waals surface area contributed by atoms with Gasteiger partial charge < -0.3 is 9.64 Å². The van der Waals surface area contributed by atoms with Gasteiger partial charge in [0.15, 0.2) is 0 Å². The van der Waals surface area contributed by atoms with Gasteiger partial charge in [0.05, 0.1) is 18.7 Å². The van der Waals surface area contributed by atoms with Crippen LogP contribution in [0.3, 0.4) is 0 Å². The van der Waals surface area contributed by atoms with E-state index < -0.39 is 0 Å². The number of morpholine rings is 1. The summed E-state index contributed by atoms with van der Waals surface area (Å²) in [5.74, 6) is 0.741. The van der Waals surface area contributed by atoms with Gasteiger partial charge in [0, 0.05) is 12.7 Å². The Morgan fingerprint density at radius 1 is 1.24 bits per heavy atom. The van der Waals surface area contributed by atoms with Crippen LogP contribution in [-0.4, -0.2) is 24.7 Å². The average Bonchev–Trinajstić information content (AvgIpc) is 2.56. The molecule has 0 spiro atoms. The molecule has 0 aliphatic carbocycles. The van der Waals surface area contributed by atoms with E-state index in [-0.39, 0.29) is 5.60 Å². The van der Waals surface area contributed by atoms with Crippen molar-refractivity contribution in [1.29, 1.82) is 5.26 Å². The number of pyridine rings is 1. The SMILES string of the molecule is CC1(c2ccccc2)CN(c2ncccc2C#N)CCO1. The summed E-state index contributed by atoms with van der Waals surface area (Å²) in [4.78, 5) is 6.51. The Balaban J connectivity index is 1.92. The van der Waals surface area contributed by atoms with Crippen LogP contribution in [0.25, 0.3) is 0 Å². The molecule has 1 aliphatic heterocycles. The monoisotopic (exact) mass is 279 g/mol. The summed E-state index contributed by atoms with van der Waals surface area (Å²) >= 11 is 0. The molecular weight excluding hydrogens is 262 g/mol. The number of benzene rings is 1. The molecule has 4 nitrogen and oxygen atoms in total. The van der Waals surface area contributed by atoms with Crippen molar-refractivity contribution in [2.75, 3.05) is 24.6 Å². The first kappa shape index (κ1) is 13.6. The van der Waals surface area contributed by atoms with Gasteiger partial charge in [-0.25, -0.2) is 4.98 Å². The molecule has 0 radical (unpaired) electrons. The number of hydrogen-bond acceptors (Lipinski definition) is 4. The van der Waals surface area contributed by atoms with Gasteiger partial charge in [-0.15, -0.1) is 0 Å². The zero-order valence-corrected chi connectivity index (χ0v) is 12.0. The van der Waals surface area contributed by atoms with Gasteiger partial charge in [-0.1, -0.05) is 30.3 Å². The van der Waals surface area contributed by atoms with E-state index in [1.807, 2.05) is 18.2 Å². The lowest BCUT2D eigenvalue weighted by atomic mass is 9.93. The second kappa shape index (κ2) is 5.55. The van der Waals surface area contributed by atoms with Crippen molar-refractivity contribution in [2.24, 2.45) is 0 Å². The van der Waals surface area contributed by atoms with E-state index in [9.17, 15) is 5.26 Å². The molecule has 0 saturated carbocycles. The van der Waals surface area contributed by atoms with E-state index in [1.165, 1.54) is 0 Å². The first-order valence-corrected chi connectivity index (χ1v) is 7.02. The lowest BCUT2D eigenvalue weighted by molar-refractivity contribution is -0.0468. The fraction of sp³-hybridized carbons (Fsp3) is 0.294. The molecule has 2 aromatic rings. The van der Waals surface area contributed by atoms with Gasteiger partial charge in [0.1, 0.15) is 17.5 Å². The third kappa shape index (κ3) is 2.61. The Hall–Kier alpha value is -2.38. The predicted octanol–water partition coefficient (Wildman–Crippen LogP) is 2.71. The maximum absolute atomic E-state index is 9.25. The van der Waals surface area contributed by atoms with Crippen molar-refractivity contribution < 1.29 is 4.74 Å². The summed E-state index contributed by atoms with van der Waals surface area (Å²) in [6.45, 7) is 4.13. The highest BCUT2D eigenvalue weighted by atomic mass is 16.5. The first-order chi connectivity index (χ1) is 10.2. The van der Waals surface area contributed by atoms with Crippen LogP contribution in [0.2, 0.25) is 0 Å². The second-order valence-corrected chi connectivity index (χ2v) is 5.35. The average molecular weight is 279 g/mol. The molecule has 1 fully saturated rings. The molecule has 3 rings (SSSR count). The quantitative estimate of drug-likeness (QED) is 0.848. The third-order valence-corrected chi connectivity index (χ3v) is 3.87. The highest BCUT2D eigenvalue weighted by molar-refractivity contribution is 5.54. The lowest BCUT2D eigenvalue weighted by Gasteiger charge is -2.41. The lowest BCUT2D eigenvalue weighted by Crippen LogP contribution is -2.48. The van der Waals surface area contributed by atoms with Gasteiger partial charge in [-0.3, -0.25) is 0 Å². The van der Waals surface area contributed by atoms with E-state index in [2.05, 4.69) is 35.0 Å². The van der Waals surface area contributed by atoms with Gasteiger partial charge in [-0.2, -0.15) is 5.26 Å². The van der Waals surface area contributed by atoms with E-state index in [1.54, 1.807) is 18.3 Å². The second-order valence-electron chi connectivity index (χ2n) is 5.35. The third-order valence-electron chi connectivity index (χ3n) is 3.87. The van der Waals surface area contributed by atoms with Gasteiger partial charge in [0.25, 0.3) is 0 Å². The molecule has 1 atom stereocenters. The minimum absolute atomic E-state index is 0.385. The van der Waals surface area contributed by atoms with Crippen molar-refractivity contribution in [1.82, 2.24) is 4.98 Å². The highest BCUT2D eigenvalue weighted by Gasteiger charge is 2.34. The van der Waals surface area contributed by atoms with Crippen molar-refractivity contribution in [3.05, 3.63) is 59.8 Å². The molecule has 1 unspecified atom stereocenters. The molecule has 1 aromatic heterocycles. The highest BCUT2D eigenvalue weighted by Crippen LogP contribution is 2.31. The normalized spacial score (nSPS) is 21.8. The Kier molecular flexibility index (Phi) is 3.59. The van der Waals surface area contributed by atoms with Crippen LogP contribution in [-0.2, 0) is 10.3 Å². The molecule has 0 amide bonds. The molecule has 1 saturated heterocycles. The number of nitrogens with zero attached hydrogens (tertiary/aromatic N) is 3. The largest absolute Gasteiger partial charge is 0.367 e. The van der Waals surface area contributed by atoms with Crippen LogP contribution in [0.4, 0.5) is 5.82 Å². The molecule has 0 bridgehead atoms. The summed E-state index contributed by atoms with van der Waals surface area (Å²) in [7, 11) is 0. The van der Waals surface area contributed by atoms with Crippen LogP contribution < -0.4 is 4.90 Å². The predicted molar refractivity (Wildman–Crippen MR) is 80.9 cm³/mol. The minimum Gasteiger partial charge on any atom is -0.367 e. The summed E-state index contributed by atoms with van der Waals surface area (Å²) in [5.41, 5.74) is 1.36. The topological polar surface area (TPSA) is 49.2 Å². The van der Waals surface area contributed by atoms with Crippen molar-refractivity contribution in [3.63, 3.8) is 0 Å². The first-order valence-electron chi connectivity index (χ1n) is 7.02. The van der Waals surface area contributed by atoms with Crippen LogP contribution in [0.5, 0.6) is 0 Å². The van der Waals surface area contributed by atoms with E-state index in [0.29, 0.717) is 18.7 Å². The summed E-state index contributed by atoms with van der Waals surface area (Å²) in [6.07, 6.45) is 1.73. The van der Waals surface area contributed by atoms with Crippen molar-refractivity contribution in [3.8, 4) is 6.07 Å². The standard InChI is InChI=1S/C17H17N3O/c1-17(15-7-3-2-4-8-15)13-20(10-11-21-17)16-14(12-18)6-5-9-19-16/h2-9H,10-11,13H2,1H3. The molecule has 2 heterocycles. The summed E-state index contributed by atoms with van der Waals surface area (Å²) in [5, 5.41) is 9.25. The van der Waals surface area contributed by atoms with Crippen molar-refractivity contribution in [2.45, 2.75) is 12.5 Å². The number of anilines is 1. The molecule has 1 aliphatic rings. The van der Waals surface area contributed by atoms with Crippen LogP contribution in [0.1, 0.15) is 18.1 Å². The Labute approximate surface area is 124 Å². The molecule has 1 aromatic carbocycles. The molecular formula is C17H17N3O. The summed E-state index contributed by atoms with van der Waals surface area (Å²) < 4.78 is 6.02. The minimum atomic E-state index is -0.385. The van der Waals surface area contributed by atoms with E-state index in [4.69, 9.17) is 4.74 Å². The zero-order valence-electron chi connectivity index (χ0n) is 12.0. The van der Waals surface area contributed by atoms with Gasteiger partial charge in [0.2, 0.25) is 0 Å². The van der Waals surface area contributed by atoms with E-state index >= 15 is 0 Å².